The Morgan fingerprint density at radius 3 is 2.48 bits per heavy atom. The largest absolute Gasteiger partial charge is 0.497 e. The molecule has 0 aliphatic carbocycles. The van der Waals surface area contributed by atoms with Crippen molar-refractivity contribution < 1.29 is 19.4 Å². The van der Waals surface area contributed by atoms with E-state index in [4.69, 9.17) is 24.6 Å². The number of hydrogen-bond donors (Lipinski definition) is 2. The number of anilines is 2. The Hall–Kier alpha value is -5.19. The normalized spacial score (nSPS) is 17.3. The topological polar surface area (TPSA) is 126 Å². The number of nitrogens with zero attached hydrogens (tertiary/aromatic N) is 6. The third-order valence-electron chi connectivity index (χ3n) is 9.45. The number of carboxylic acid groups (broad SMARTS) is 1. The van der Waals surface area contributed by atoms with Gasteiger partial charge in [-0.05, 0) is 105 Å². The number of aliphatic imine (C=N–C) groups is 1. The van der Waals surface area contributed by atoms with E-state index in [1.807, 2.05) is 30.3 Å². The van der Waals surface area contributed by atoms with Crippen molar-refractivity contribution in [2.75, 3.05) is 37.5 Å². The van der Waals surface area contributed by atoms with E-state index < -0.39 is 5.97 Å². The molecule has 2 N–H and O–H groups in total. The molecule has 0 saturated heterocycles. The highest BCUT2D eigenvalue weighted by Crippen LogP contribution is 2.46. The zero-order valence-electron chi connectivity index (χ0n) is 30.5. The van der Waals surface area contributed by atoms with Gasteiger partial charge in [0.25, 0.3) is 0 Å². The van der Waals surface area contributed by atoms with E-state index in [9.17, 15) is 9.90 Å². The van der Waals surface area contributed by atoms with Gasteiger partial charge in [0.05, 0.1) is 30.7 Å². The molecule has 11 nitrogen and oxygen atoms in total. The number of carboxylic acids is 1. The summed E-state index contributed by atoms with van der Waals surface area (Å²) >= 11 is 0. The number of hydrogen-bond acceptors (Lipinski definition) is 9. The first kappa shape index (κ1) is 34.7. The Balaban J connectivity index is 1.32. The van der Waals surface area contributed by atoms with Gasteiger partial charge in [-0.3, -0.25) is 0 Å². The summed E-state index contributed by atoms with van der Waals surface area (Å²) in [4.78, 5) is 26.0. The zero-order chi connectivity index (χ0) is 36.0. The maximum Gasteiger partial charge on any atom is 0.335 e. The number of fused-ring (bicyclic) bond motifs is 2. The number of aryl methyl sites for hydroxylation is 1. The zero-order valence-corrected chi connectivity index (χ0v) is 30.5. The van der Waals surface area contributed by atoms with Gasteiger partial charge in [-0.25, -0.2) is 14.8 Å². The van der Waals surface area contributed by atoms with Crippen LogP contribution in [0.3, 0.4) is 0 Å². The van der Waals surface area contributed by atoms with Gasteiger partial charge in [-0.2, -0.15) is 5.10 Å². The monoisotopic (exact) mass is 677 g/mol. The average molecular weight is 678 g/mol. The fourth-order valence-corrected chi connectivity index (χ4v) is 6.89. The van der Waals surface area contributed by atoms with E-state index in [-0.39, 0.29) is 16.5 Å². The second kappa shape index (κ2) is 13.3. The van der Waals surface area contributed by atoms with Crippen LogP contribution >= 0.6 is 0 Å². The maximum absolute atomic E-state index is 11.8. The molecule has 0 radical (unpaired) electrons. The van der Waals surface area contributed by atoms with Crippen LogP contribution in [0.4, 0.5) is 17.1 Å². The Morgan fingerprint density at radius 2 is 1.82 bits per heavy atom. The van der Waals surface area contributed by atoms with E-state index in [0.29, 0.717) is 41.1 Å². The molecule has 1 unspecified atom stereocenters. The third kappa shape index (κ3) is 6.81. The summed E-state index contributed by atoms with van der Waals surface area (Å²) in [7, 11) is 3.41. The first-order valence-corrected chi connectivity index (χ1v) is 17.1. The highest BCUT2D eigenvalue weighted by Gasteiger charge is 2.38. The minimum absolute atomic E-state index is 0.0260. The fourth-order valence-electron chi connectivity index (χ4n) is 6.89. The summed E-state index contributed by atoms with van der Waals surface area (Å²) < 4.78 is 11.3. The molecule has 2 aliphatic rings. The Bertz CT molecular complexity index is 1990. The summed E-state index contributed by atoms with van der Waals surface area (Å²) in [6, 6.07) is 17.2. The Morgan fingerprint density at radius 1 is 1.10 bits per heavy atom. The SMILES string of the molecule is CNc1cc(C(=O)O)cc(-c2nc3n(n2)N=C(C(C)(C)C)/C3=N/c2cc3c(cc2C)N(CCCOc2ccc(OC)cc2)C(C)(C)CC3C)c1. The van der Waals surface area contributed by atoms with Gasteiger partial charge in [0.1, 0.15) is 17.2 Å². The van der Waals surface area contributed by atoms with Crippen LogP contribution in [0.5, 0.6) is 11.5 Å². The molecule has 3 aromatic carbocycles. The predicted molar refractivity (Wildman–Crippen MR) is 199 cm³/mol. The molecule has 2 aliphatic heterocycles. The van der Waals surface area contributed by atoms with E-state index >= 15 is 0 Å². The first-order chi connectivity index (χ1) is 23.7. The van der Waals surface area contributed by atoms with Crippen LogP contribution in [0.1, 0.15) is 87.6 Å². The molecule has 0 fully saturated rings. The summed E-state index contributed by atoms with van der Waals surface area (Å²) in [5.74, 6) is 1.87. The second-order valence-electron chi connectivity index (χ2n) is 14.8. The molecular formula is C39H47N7O4. The summed E-state index contributed by atoms with van der Waals surface area (Å²) in [5.41, 5.74) is 6.92. The van der Waals surface area contributed by atoms with Gasteiger partial charge in [0, 0.05) is 41.5 Å². The summed E-state index contributed by atoms with van der Waals surface area (Å²) in [6.45, 7) is 16.8. The molecule has 1 atom stereocenters. The predicted octanol–water partition coefficient (Wildman–Crippen LogP) is 7.95. The standard InChI is InChI=1S/C39H47N7O4/c1-23-17-32-30(24(2)22-39(6,7)45(32)15-10-16-50-29-13-11-28(49-9)12-14-29)21-31(23)41-33-34(38(3,4)5)43-46-36(33)42-35(44-46)25-18-26(37(47)48)20-27(19-25)40-8/h11-14,17-21,24,40H,10,15-16,22H2,1-9H3,(H,47,48)/b41-33-. The van der Waals surface area contributed by atoms with Crippen LogP contribution in [0, 0.1) is 12.3 Å². The molecule has 262 valence electrons. The highest BCUT2D eigenvalue weighted by atomic mass is 16.5. The first-order valence-electron chi connectivity index (χ1n) is 17.1. The highest BCUT2D eigenvalue weighted by molar-refractivity contribution is 6.50. The summed E-state index contributed by atoms with van der Waals surface area (Å²) in [5, 5.41) is 22.2. The van der Waals surface area contributed by atoms with Crippen molar-refractivity contribution in [1.82, 2.24) is 14.9 Å². The van der Waals surface area contributed by atoms with E-state index in [0.717, 1.165) is 47.8 Å². The van der Waals surface area contributed by atoms with Crippen LogP contribution in [0.2, 0.25) is 0 Å². The van der Waals surface area contributed by atoms with Crippen molar-refractivity contribution in [3.8, 4) is 22.9 Å². The van der Waals surface area contributed by atoms with Crippen LogP contribution < -0.4 is 19.7 Å². The van der Waals surface area contributed by atoms with Gasteiger partial charge in [-0.1, -0.05) is 27.7 Å². The second-order valence-corrected chi connectivity index (χ2v) is 14.8. The number of carbonyl (C=O) groups is 1. The number of methoxy groups -OCH3 is 1. The van der Waals surface area contributed by atoms with Crippen molar-refractivity contribution >= 4 is 34.5 Å². The lowest BCUT2D eigenvalue weighted by atomic mass is 9.79. The molecule has 0 amide bonds. The molecule has 4 aromatic rings. The maximum atomic E-state index is 11.8. The number of benzene rings is 3. The van der Waals surface area contributed by atoms with Crippen LogP contribution in [-0.4, -0.2) is 70.2 Å². The van der Waals surface area contributed by atoms with Gasteiger partial charge in [-0.15, -0.1) is 9.89 Å². The van der Waals surface area contributed by atoms with Crippen LogP contribution in [-0.2, 0) is 0 Å². The lowest BCUT2D eigenvalue weighted by molar-refractivity contribution is 0.0697. The molecule has 6 rings (SSSR count). The lowest BCUT2D eigenvalue weighted by Gasteiger charge is -2.48. The Labute approximate surface area is 294 Å². The van der Waals surface area contributed by atoms with E-state index in [1.54, 1.807) is 26.3 Å². The van der Waals surface area contributed by atoms with Crippen molar-refractivity contribution in [2.45, 2.75) is 72.8 Å². The molecule has 0 spiro atoms. The van der Waals surface area contributed by atoms with Gasteiger partial charge in [0.15, 0.2) is 5.82 Å². The summed E-state index contributed by atoms with van der Waals surface area (Å²) in [6.07, 6.45) is 1.88. The fraction of sp³-hybridized carbons (Fsp3) is 0.410. The molecule has 3 heterocycles. The number of nitrogens with one attached hydrogen (secondary N) is 1. The van der Waals surface area contributed by atoms with Crippen molar-refractivity contribution in [2.24, 2.45) is 15.5 Å². The molecule has 50 heavy (non-hydrogen) atoms. The van der Waals surface area contributed by atoms with E-state index in [2.05, 4.69) is 75.9 Å². The van der Waals surface area contributed by atoms with Gasteiger partial charge < -0.3 is 24.8 Å². The molecule has 11 heteroatoms. The Kier molecular flexibility index (Phi) is 9.19. The third-order valence-corrected chi connectivity index (χ3v) is 9.45. The van der Waals surface area contributed by atoms with Crippen molar-refractivity contribution in [3.05, 3.63) is 77.1 Å². The van der Waals surface area contributed by atoms with Crippen molar-refractivity contribution in [1.29, 1.82) is 0 Å². The molecule has 0 bridgehead atoms. The van der Waals surface area contributed by atoms with E-state index in [1.165, 1.54) is 16.0 Å². The van der Waals surface area contributed by atoms with Crippen molar-refractivity contribution in [3.63, 3.8) is 0 Å². The quantitative estimate of drug-likeness (QED) is 0.162. The number of aromatic nitrogens is 3. The average Bonchev–Trinajstić information content (AvgIpc) is 3.64. The molecule has 0 saturated carbocycles. The number of ether oxygens (including phenoxy) is 2. The number of aromatic carboxylic acids is 1. The molecule has 1 aromatic heterocycles. The van der Waals surface area contributed by atoms with Gasteiger partial charge >= 0.3 is 5.97 Å². The smallest absolute Gasteiger partial charge is 0.335 e. The van der Waals surface area contributed by atoms with Crippen LogP contribution in [0.25, 0.3) is 11.4 Å². The minimum Gasteiger partial charge on any atom is -0.497 e. The molecular weight excluding hydrogens is 630 g/mol. The number of rotatable bonds is 10. The lowest BCUT2D eigenvalue weighted by Crippen LogP contribution is -2.49. The van der Waals surface area contributed by atoms with Crippen LogP contribution in [0.15, 0.2) is 64.7 Å². The minimum atomic E-state index is -1.02. The van der Waals surface area contributed by atoms with Gasteiger partial charge in [0.2, 0.25) is 5.82 Å².